The Morgan fingerprint density at radius 3 is 2.55 bits per heavy atom. The number of aliphatic hydroxyl groups is 1. The number of benzene rings is 1. The quantitative estimate of drug-likeness (QED) is 0.703. The van der Waals surface area contributed by atoms with Crippen molar-refractivity contribution in [3.05, 3.63) is 30.3 Å². The van der Waals surface area contributed by atoms with Crippen LogP contribution < -0.4 is 10.2 Å². The van der Waals surface area contributed by atoms with E-state index in [1.165, 1.54) is 4.90 Å². The normalized spacial score (nSPS) is 11.2. The van der Waals surface area contributed by atoms with Crippen LogP contribution >= 0.6 is 0 Å². The Hall–Kier alpha value is -2.59. The lowest BCUT2D eigenvalue weighted by atomic mass is 10.3. The Morgan fingerprint density at radius 1 is 1.35 bits per heavy atom. The van der Waals surface area contributed by atoms with Crippen molar-refractivity contribution in [2.75, 3.05) is 18.0 Å². The van der Waals surface area contributed by atoms with Gasteiger partial charge >= 0.3 is 12.0 Å². The molecular formula is C13H15N3O4. The third-order valence-corrected chi connectivity index (χ3v) is 2.49. The molecule has 0 spiro atoms. The number of nitriles is 1. The van der Waals surface area contributed by atoms with Crippen molar-refractivity contribution < 1.29 is 19.8 Å². The maximum atomic E-state index is 12.0. The van der Waals surface area contributed by atoms with Crippen molar-refractivity contribution in [3.8, 4) is 6.07 Å². The zero-order valence-electron chi connectivity index (χ0n) is 10.7. The molecule has 7 nitrogen and oxygen atoms in total. The van der Waals surface area contributed by atoms with Gasteiger partial charge in [-0.05, 0) is 12.1 Å². The lowest BCUT2D eigenvalue weighted by molar-refractivity contribution is -0.146. The first-order valence-corrected chi connectivity index (χ1v) is 5.94. The predicted molar refractivity (Wildman–Crippen MR) is 71.1 cm³/mol. The number of aliphatic carboxylic acids is 1. The van der Waals surface area contributed by atoms with Gasteiger partial charge in [-0.15, -0.1) is 0 Å². The maximum Gasteiger partial charge on any atom is 0.334 e. The molecule has 0 aliphatic heterocycles. The van der Waals surface area contributed by atoms with Crippen LogP contribution in [0, 0.1) is 11.3 Å². The second-order valence-corrected chi connectivity index (χ2v) is 3.94. The Labute approximate surface area is 116 Å². The second-order valence-electron chi connectivity index (χ2n) is 3.94. The Kier molecular flexibility index (Phi) is 6.00. The second kappa shape index (κ2) is 7.76. The zero-order valence-corrected chi connectivity index (χ0v) is 10.7. The average Bonchev–Trinajstić information content (AvgIpc) is 2.46. The van der Waals surface area contributed by atoms with Gasteiger partial charge < -0.3 is 15.5 Å². The molecule has 106 valence electrons. The number of carboxylic acid groups (broad SMARTS) is 1. The summed E-state index contributed by atoms with van der Waals surface area (Å²) in [5.41, 5.74) is 0.588. The van der Waals surface area contributed by atoms with E-state index in [-0.39, 0.29) is 13.0 Å². The highest BCUT2D eigenvalue weighted by Gasteiger charge is 2.18. The highest BCUT2D eigenvalue weighted by molar-refractivity contribution is 5.92. The van der Waals surface area contributed by atoms with E-state index in [9.17, 15) is 9.59 Å². The van der Waals surface area contributed by atoms with Gasteiger partial charge in [-0.25, -0.2) is 9.59 Å². The summed E-state index contributed by atoms with van der Waals surface area (Å²) < 4.78 is 0. The summed E-state index contributed by atoms with van der Waals surface area (Å²) in [6.45, 7) is -0.223. The van der Waals surface area contributed by atoms with Crippen molar-refractivity contribution in [1.29, 1.82) is 5.26 Å². The molecule has 0 saturated carbocycles. The summed E-state index contributed by atoms with van der Waals surface area (Å²) in [5, 5.41) is 28.6. The first-order valence-electron chi connectivity index (χ1n) is 5.94. The molecule has 0 aliphatic carbocycles. The van der Waals surface area contributed by atoms with Gasteiger partial charge in [0.15, 0.2) is 6.10 Å². The van der Waals surface area contributed by atoms with Gasteiger partial charge in [0.25, 0.3) is 0 Å². The number of rotatable bonds is 6. The summed E-state index contributed by atoms with van der Waals surface area (Å²) in [6, 6.07) is 10.1. The van der Waals surface area contributed by atoms with Gasteiger partial charge in [-0.3, -0.25) is 4.90 Å². The van der Waals surface area contributed by atoms with Crippen molar-refractivity contribution in [1.82, 2.24) is 5.32 Å². The van der Waals surface area contributed by atoms with Crippen LogP contribution in [0.5, 0.6) is 0 Å². The van der Waals surface area contributed by atoms with Gasteiger partial charge in [0, 0.05) is 12.2 Å². The largest absolute Gasteiger partial charge is 0.479 e. The Morgan fingerprint density at radius 2 is 2.00 bits per heavy atom. The molecule has 0 aliphatic rings. The van der Waals surface area contributed by atoms with Gasteiger partial charge in [0.1, 0.15) is 0 Å². The molecule has 20 heavy (non-hydrogen) atoms. The number of carbonyl (C=O) groups is 2. The number of urea groups is 1. The summed E-state index contributed by atoms with van der Waals surface area (Å²) in [4.78, 5) is 23.8. The smallest absolute Gasteiger partial charge is 0.334 e. The average molecular weight is 277 g/mol. The molecular weight excluding hydrogens is 262 g/mol. The maximum absolute atomic E-state index is 12.0. The summed E-state index contributed by atoms with van der Waals surface area (Å²) in [7, 11) is 0. The van der Waals surface area contributed by atoms with Gasteiger partial charge in [-0.2, -0.15) is 5.26 Å². The van der Waals surface area contributed by atoms with Gasteiger partial charge in [0.2, 0.25) is 0 Å². The van der Waals surface area contributed by atoms with E-state index < -0.39 is 24.6 Å². The van der Waals surface area contributed by atoms with Crippen molar-refractivity contribution >= 4 is 17.7 Å². The van der Waals surface area contributed by atoms with E-state index in [1.807, 2.05) is 6.07 Å². The number of amides is 2. The number of para-hydroxylation sites is 1. The van der Waals surface area contributed by atoms with Crippen LogP contribution in [0.15, 0.2) is 30.3 Å². The summed E-state index contributed by atoms with van der Waals surface area (Å²) in [6.07, 6.45) is -1.52. The number of carbonyl (C=O) groups excluding carboxylic acids is 1. The SMILES string of the molecule is N#CCCN(C(=O)NCC(O)C(=O)O)c1ccccc1. The van der Waals surface area contributed by atoms with Crippen LogP contribution in [-0.2, 0) is 4.79 Å². The first kappa shape index (κ1) is 15.5. The number of carboxylic acids is 1. The monoisotopic (exact) mass is 277 g/mol. The molecule has 0 aromatic heterocycles. The number of hydrogen-bond donors (Lipinski definition) is 3. The molecule has 1 rings (SSSR count). The predicted octanol–water partition coefficient (Wildman–Crippen LogP) is 0.562. The lowest BCUT2D eigenvalue weighted by Gasteiger charge is -2.22. The van der Waals surface area contributed by atoms with Crippen LogP contribution in [0.25, 0.3) is 0 Å². The van der Waals surface area contributed by atoms with Gasteiger partial charge in [-0.1, -0.05) is 18.2 Å². The lowest BCUT2D eigenvalue weighted by Crippen LogP contribution is -2.45. The number of aliphatic hydroxyl groups excluding tert-OH is 1. The highest BCUT2D eigenvalue weighted by Crippen LogP contribution is 2.13. The zero-order chi connectivity index (χ0) is 15.0. The molecule has 7 heteroatoms. The van der Waals surface area contributed by atoms with Gasteiger partial charge in [0.05, 0.1) is 19.0 Å². The van der Waals surface area contributed by atoms with Crippen LogP contribution in [0.2, 0.25) is 0 Å². The van der Waals surface area contributed by atoms with E-state index in [2.05, 4.69) is 5.32 Å². The molecule has 0 radical (unpaired) electrons. The minimum atomic E-state index is -1.66. The fourth-order valence-corrected chi connectivity index (χ4v) is 1.48. The van der Waals surface area contributed by atoms with Crippen LogP contribution in [0.1, 0.15) is 6.42 Å². The minimum absolute atomic E-state index is 0.143. The van der Waals surface area contributed by atoms with Crippen molar-refractivity contribution in [2.45, 2.75) is 12.5 Å². The van der Waals surface area contributed by atoms with Crippen LogP contribution in [-0.4, -0.2) is 41.4 Å². The molecule has 0 saturated heterocycles. The van der Waals surface area contributed by atoms with Crippen LogP contribution in [0.3, 0.4) is 0 Å². The van der Waals surface area contributed by atoms with Crippen LogP contribution in [0.4, 0.5) is 10.5 Å². The van der Waals surface area contributed by atoms with E-state index in [4.69, 9.17) is 15.5 Å². The topological polar surface area (TPSA) is 114 Å². The third-order valence-electron chi connectivity index (χ3n) is 2.49. The van der Waals surface area contributed by atoms with Crippen molar-refractivity contribution in [3.63, 3.8) is 0 Å². The Balaban J connectivity index is 2.71. The standard InChI is InChI=1S/C13H15N3O4/c14-7-4-8-16(10-5-2-1-3-6-10)13(20)15-9-11(17)12(18)19/h1-3,5-6,11,17H,4,8-9H2,(H,15,20)(H,18,19). The van der Waals surface area contributed by atoms with E-state index >= 15 is 0 Å². The fraction of sp³-hybridized carbons (Fsp3) is 0.308. The molecule has 0 heterocycles. The van der Waals surface area contributed by atoms with E-state index in [1.54, 1.807) is 30.3 Å². The number of hydrogen-bond acceptors (Lipinski definition) is 4. The first-order chi connectivity index (χ1) is 9.56. The molecule has 1 atom stereocenters. The number of nitrogens with one attached hydrogen (secondary N) is 1. The highest BCUT2D eigenvalue weighted by atomic mass is 16.4. The van der Waals surface area contributed by atoms with E-state index in [0.29, 0.717) is 5.69 Å². The number of anilines is 1. The molecule has 3 N–H and O–H groups in total. The third kappa shape index (κ3) is 4.59. The molecule has 0 bridgehead atoms. The molecule has 1 aromatic rings. The molecule has 0 fully saturated rings. The van der Waals surface area contributed by atoms with E-state index in [0.717, 1.165) is 0 Å². The van der Waals surface area contributed by atoms with Crippen molar-refractivity contribution in [2.24, 2.45) is 0 Å². The molecule has 2 amide bonds. The summed E-state index contributed by atoms with van der Waals surface area (Å²) in [5.74, 6) is -1.41. The minimum Gasteiger partial charge on any atom is -0.479 e. The Bertz CT molecular complexity index is 498. The fourth-order valence-electron chi connectivity index (χ4n) is 1.48. The molecule has 1 aromatic carbocycles. The summed E-state index contributed by atoms with van der Waals surface area (Å²) >= 11 is 0. The number of nitrogens with zero attached hydrogens (tertiary/aromatic N) is 2. The molecule has 1 unspecified atom stereocenters.